The minimum atomic E-state index is -0.212. The molecule has 2 aromatic carbocycles. The second-order valence-electron chi connectivity index (χ2n) is 6.50. The summed E-state index contributed by atoms with van der Waals surface area (Å²) in [5, 5.41) is 8.87. The van der Waals surface area contributed by atoms with Gasteiger partial charge in [-0.25, -0.2) is 0 Å². The monoisotopic (exact) mass is 419 g/mol. The lowest BCUT2D eigenvalue weighted by molar-refractivity contribution is -0.122. The SMILES string of the molecule is COc1ccc(C(=O)Nc2cccc(OCCNC(=O)C3CCCN3)c2)cc1.Cl. The van der Waals surface area contributed by atoms with Crippen molar-refractivity contribution in [1.82, 2.24) is 10.6 Å². The van der Waals surface area contributed by atoms with Crippen LogP contribution in [0.1, 0.15) is 23.2 Å². The highest BCUT2D eigenvalue weighted by atomic mass is 35.5. The normalized spacial score (nSPS) is 15.1. The molecule has 2 aromatic rings. The molecule has 2 amide bonds. The Morgan fingerprint density at radius 2 is 1.93 bits per heavy atom. The van der Waals surface area contributed by atoms with E-state index in [0.717, 1.165) is 19.4 Å². The average molecular weight is 420 g/mol. The van der Waals surface area contributed by atoms with E-state index in [1.807, 2.05) is 6.07 Å². The second kappa shape index (κ2) is 11.3. The molecule has 1 aliphatic heterocycles. The Kier molecular flexibility index (Phi) is 8.76. The third-order valence-corrected chi connectivity index (χ3v) is 4.49. The van der Waals surface area contributed by atoms with Crippen molar-refractivity contribution in [3.8, 4) is 11.5 Å². The second-order valence-corrected chi connectivity index (χ2v) is 6.50. The smallest absolute Gasteiger partial charge is 0.255 e. The predicted octanol–water partition coefficient (Wildman–Crippen LogP) is 2.62. The third-order valence-electron chi connectivity index (χ3n) is 4.49. The molecule has 0 bridgehead atoms. The molecule has 0 radical (unpaired) electrons. The molecule has 8 heteroatoms. The van der Waals surface area contributed by atoms with Crippen LogP contribution in [0.3, 0.4) is 0 Å². The molecule has 1 aliphatic rings. The van der Waals surface area contributed by atoms with Crippen LogP contribution < -0.4 is 25.4 Å². The van der Waals surface area contributed by atoms with Gasteiger partial charge in [-0.05, 0) is 55.8 Å². The van der Waals surface area contributed by atoms with Gasteiger partial charge in [0.15, 0.2) is 0 Å². The van der Waals surface area contributed by atoms with Gasteiger partial charge in [-0.15, -0.1) is 12.4 Å². The maximum Gasteiger partial charge on any atom is 0.255 e. The summed E-state index contributed by atoms with van der Waals surface area (Å²) < 4.78 is 10.8. The van der Waals surface area contributed by atoms with Gasteiger partial charge >= 0.3 is 0 Å². The van der Waals surface area contributed by atoms with Crippen LogP contribution in [-0.4, -0.2) is 44.7 Å². The number of carbonyl (C=O) groups is 2. The largest absolute Gasteiger partial charge is 0.497 e. The number of benzene rings is 2. The van der Waals surface area contributed by atoms with E-state index < -0.39 is 0 Å². The molecule has 0 aliphatic carbocycles. The molecular formula is C21H26ClN3O4. The van der Waals surface area contributed by atoms with Gasteiger partial charge < -0.3 is 25.4 Å². The maximum atomic E-state index is 12.3. The molecule has 29 heavy (non-hydrogen) atoms. The summed E-state index contributed by atoms with van der Waals surface area (Å²) in [6, 6.07) is 14.0. The number of anilines is 1. The first-order valence-electron chi connectivity index (χ1n) is 9.35. The Morgan fingerprint density at radius 3 is 2.62 bits per heavy atom. The lowest BCUT2D eigenvalue weighted by Gasteiger charge is -2.12. The van der Waals surface area contributed by atoms with Crippen LogP contribution in [-0.2, 0) is 4.79 Å². The van der Waals surface area contributed by atoms with E-state index in [4.69, 9.17) is 9.47 Å². The van der Waals surface area contributed by atoms with Crippen molar-refractivity contribution in [2.75, 3.05) is 32.1 Å². The van der Waals surface area contributed by atoms with Gasteiger partial charge in [0.05, 0.1) is 19.7 Å². The molecule has 3 N–H and O–H groups in total. The van der Waals surface area contributed by atoms with E-state index in [2.05, 4.69) is 16.0 Å². The topological polar surface area (TPSA) is 88.7 Å². The summed E-state index contributed by atoms with van der Waals surface area (Å²) in [6.45, 7) is 1.68. The zero-order valence-electron chi connectivity index (χ0n) is 16.3. The van der Waals surface area contributed by atoms with Gasteiger partial charge in [0, 0.05) is 17.3 Å². The lowest BCUT2D eigenvalue weighted by Crippen LogP contribution is -2.41. The molecular weight excluding hydrogens is 394 g/mol. The van der Waals surface area contributed by atoms with Crippen LogP contribution in [0, 0.1) is 0 Å². The van der Waals surface area contributed by atoms with Crippen LogP contribution in [0.15, 0.2) is 48.5 Å². The summed E-state index contributed by atoms with van der Waals surface area (Å²) in [6.07, 6.45) is 1.91. The van der Waals surface area contributed by atoms with E-state index in [0.29, 0.717) is 35.9 Å². The maximum absolute atomic E-state index is 12.3. The highest BCUT2D eigenvalue weighted by Gasteiger charge is 2.21. The van der Waals surface area contributed by atoms with Crippen molar-refractivity contribution in [3.63, 3.8) is 0 Å². The predicted molar refractivity (Wildman–Crippen MR) is 114 cm³/mol. The van der Waals surface area contributed by atoms with Crippen molar-refractivity contribution in [2.45, 2.75) is 18.9 Å². The molecule has 1 unspecified atom stereocenters. The number of hydrogen-bond acceptors (Lipinski definition) is 5. The van der Waals surface area contributed by atoms with E-state index in [1.165, 1.54) is 0 Å². The van der Waals surface area contributed by atoms with Crippen LogP contribution >= 0.6 is 12.4 Å². The minimum Gasteiger partial charge on any atom is -0.497 e. The van der Waals surface area contributed by atoms with Crippen LogP contribution in [0.4, 0.5) is 5.69 Å². The van der Waals surface area contributed by atoms with Crippen LogP contribution in [0.2, 0.25) is 0 Å². The molecule has 0 saturated carbocycles. The molecule has 1 saturated heterocycles. The first-order valence-corrected chi connectivity index (χ1v) is 9.35. The number of amides is 2. The summed E-state index contributed by atoms with van der Waals surface area (Å²) in [7, 11) is 1.58. The van der Waals surface area contributed by atoms with Crippen molar-refractivity contribution < 1.29 is 19.1 Å². The number of halogens is 1. The van der Waals surface area contributed by atoms with Gasteiger partial charge in [0.1, 0.15) is 18.1 Å². The fourth-order valence-corrected chi connectivity index (χ4v) is 2.98. The highest BCUT2D eigenvalue weighted by molar-refractivity contribution is 6.04. The Hall–Kier alpha value is -2.77. The van der Waals surface area contributed by atoms with E-state index in [9.17, 15) is 9.59 Å². The Balaban J connectivity index is 0.00000300. The van der Waals surface area contributed by atoms with Gasteiger partial charge in [-0.2, -0.15) is 0 Å². The fourth-order valence-electron chi connectivity index (χ4n) is 2.98. The lowest BCUT2D eigenvalue weighted by atomic mass is 10.2. The molecule has 3 rings (SSSR count). The molecule has 156 valence electrons. The molecule has 1 fully saturated rings. The number of hydrogen-bond donors (Lipinski definition) is 3. The third kappa shape index (κ3) is 6.66. The summed E-state index contributed by atoms with van der Waals surface area (Å²) in [5.74, 6) is 1.13. The average Bonchev–Trinajstić information content (AvgIpc) is 3.26. The van der Waals surface area contributed by atoms with E-state index in [-0.39, 0.29) is 30.3 Å². The Morgan fingerprint density at radius 1 is 1.14 bits per heavy atom. The quantitative estimate of drug-likeness (QED) is 0.572. The van der Waals surface area contributed by atoms with Gasteiger partial charge in [0.2, 0.25) is 5.91 Å². The molecule has 0 spiro atoms. The molecule has 1 heterocycles. The van der Waals surface area contributed by atoms with Crippen molar-refractivity contribution in [3.05, 3.63) is 54.1 Å². The minimum absolute atomic E-state index is 0. The first kappa shape index (κ1) is 22.5. The summed E-state index contributed by atoms with van der Waals surface area (Å²) in [5.41, 5.74) is 1.17. The number of rotatable bonds is 8. The van der Waals surface area contributed by atoms with Gasteiger partial charge in [0.25, 0.3) is 5.91 Å². The molecule has 7 nitrogen and oxygen atoms in total. The van der Waals surface area contributed by atoms with Gasteiger partial charge in [-0.1, -0.05) is 6.07 Å². The van der Waals surface area contributed by atoms with E-state index in [1.54, 1.807) is 49.6 Å². The van der Waals surface area contributed by atoms with Crippen molar-refractivity contribution in [2.24, 2.45) is 0 Å². The van der Waals surface area contributed by atoms with Crippen molar-refractivity contribution >= 4 is 29.9 Å². The van der Waals surface area contributed by atoms with E-state index >= 15 is 0 Å². The van der Waals surface area contributed by atoms with Crippen LogP contribution in [0.5, 0.6) is 11.5 Å². The Bertz CT molecular complexity index is 808. The zero-order chi connectivity index (χ0) is 19.8. The van der Waals surface area contributed by atoms with Crippen LogP contribution in [0.25, 0.3) is 0 Å². The standard InChI is InChI=1S/C21H25N3O4.ClH/c1-27-17-9-7-15(8-10-17)20(25)24-16-4-2-5-18(14-16)28-13-12-23-21(26)19-6-3-11-22-19;/h2,4-5,7-10,14,19,22H,3,6,11-13H2,1H3,(H,23,26)(H,24,25);1H. The number of carbonyl (C=O) groups excluding carboxylic acids is 2. The molecule has 1 atom stereocenters. The number of nitrogens with one attached hydrogen (secondary N) is 3. The van der Waals surface area contributed by atoms with Crippen molar-refractivity contribution in [1.29, 1.82) is 0 Å². The summed E-state index contributed by atoms with van der Waals surface area (Å²) >= 11 is 0. The van der Waals surface area contributed by atoms with Gasteiger partial charge in [-0.3, -0.25) is 9.59 Å². The highest BCUT2D eigenvalue weighted by Crippen LogP contribution is 2.19. The zero-order valence-corrected chi connectivity index (χ0v) is 17.1. The molecule has 0 aromatic heterocycles. The fraction of sp³-hybridized carbons (Fsp3) is 0.333. The number of ether oxygens (including phenoxy) is 2. The summed E-state index contributed by atoms with van der Waals surface area (Å²) in [4.78, 5) is 24.3. The number of methoxy groups -OCH3 is 1. The Labute approximate surface area is 176 Å². The first-order chi connectivity index (χ1) is 13.7.